The van der Waals surface area contributed by atoms with Crippen LogP contribution in [-0.2, 0) is 4.74 Å². The summed E-state index contributed by atoms with van der Waals surface area (Å²) < 4.78 is 30.0. The molecular weight excluding hydrogens is 268 g/mol. The molecule has 0 saturated heterocycles. The molecule has 1 aliphatic heterocycles. The second-order valence-electron chi connectivity index (χ2n) is 4.38. The third kappa shape index (κ3) is 2.77. The third-order valence-electron chi connectivity index (χ3n) is 3.10. The molecule has 0 bridgehead atoms. The van der Waals surface area contributed by atoms with Gasteiger partial charge in [0, 0.05) is 19.2 Å². The van der Waals surface area contributed by atoms with Gasteiger partial charge in [-0.15, -0.1) is 0 Å². The minimum Gasteiger partial charge on any atom is -0.385 e. The Morgan fingerprint density at radius 1 is 1.40 bits per heavy atom. The maximum Gasteiger partial charge on any atom is 0.346 e. The molecular formula is C13H15F2N3O2. The van der Waals surface area contributed by atoms with Gasteiger partial charge < -0.3 is 15.4 Å². The van der Waals surface area contributed by atoms with Crippen LogP contribution in [0.4, 0.5) is 13.6 Å². The summed E-state index contributed by atoms with van der Waals surface area (Å²) in [5.41, 5.74) is 6.34. The molecule has 2 amide bonds. The Labute approximate surface area is 115 Å². The van der Waals surface area contributed by atoms with Gasteiger partial charge >= 0.3 is 6.03 Å². The molecule has 2 N–H and O–H groups in total. The molecule has 1 aromatic rings. The van der Waals surface area contributed by atoms with E-state index in [0.29, 0.717) is 18.7 Å². The number of carbonyl (C=O) groups excluding carboxylic acids is 1. The first-order valence-electron chi connectivity index (χ1n) is 6.06. The maximum absolute atomic E-state index is 12.5. The summed E-state index contributed by atoms with van der Waals surface area (Å²) in [5, 5.41) is 0. The van der Waals surface area contributed by atoms with Crippen LogP contribution in [0.5, 0.6) is 0 Å². The van der Waals surface area contributed by atoms with Gasteiger partial charge in [-0.1, -0.05) is 24.3 Å². The number of urea groups is 1. The average Bonchev–Trinajstić information content (AvgIpc) is 2.70. The van der Waals surface area contributed by atoms with Crippen LogP contribution in [0.15, 0.2) is 29.3 Å². The van der Waals surface area contributed by atoms with Crippen molar-refractivity contribution in [1.29, 1.82) is 0 Å². The highest BCUT2D eigenvalue weighted by atomic mass is 19.3. The summed E-state index contributed by atoms with van der Waals surface area (Å²) in [7, 11) is 1.52. The Kier molecular flexibility index (Phi) is 4.29. The van der Waals surface area contributed by atoms with Crippen LogP contribution in [0.2, 0.25) is 0 Å². The summed E-state index contributed by atoms with van der Waals surface area (Å²) in [6.07, 6.45) is -2.52. The van der Waals surface area contributed by atoms with Crippen LogP contribution in [0.1, 0.15) is 23.6 Å². The van der Waals surface area contributed by atoms with Crippen molar-refractivity contribution < 1.29 is 18.3 Å². The minimum absolute atomic E-state index is 0.0722. The lowest BCUT2D eigenvalue weighted by molar-refractivity contribution is 0.149. The number of rotatable bonds is 5. The zero-order valence-electron chi connectivity index (χ0n) is 10.9. The van der Waals surface area contributed by atoms with E-state index in [0.717, 1.165) is 0 Å². The van der Waals surface area contributed by atoms with E-state index in [2.05, 4.69) is 4.99 Å². The molecule has 7 heteroatoms. The van der Waals surface area contributed by atoms with Gasteiger partial charge in [-0.25, -0.2) is 13.6 Å². The van der Waals surface area contributed by atoms with Crippen LogP contribution < -0.4 is 5.73 Å². The number of carbonyl (C=O) groups is 1. The van der Waals surface area contributed by atoms with Crippen molar-refractivity contribution in [3.63, 3.8) is 0 Å². The molecule has 0 aromatic heterocycles. The first kappa shape index (κ1) is 14.4. The Morgan fingerprint density at radius 2 is 2.05 bits per heavy atom. The first-order valence-corrected chi connectivity index (χ1v) is 6.06. The Morgan fingerprint density at radius 3 is 2.60 bits per heavy atom. The quantitative estimate of drug-likeness (QED) is 0.899. The summed E-state index contributed by atoms with van der Waals surface area (Å²) in [4.78, 5) is 16.9. The summed E-state index contributed by atoms with van der Waals surface area (Å²) >= 11 is 0. The summed E-state index contributed by atoms with van der Waals surface area (Å²) in [6, 6.07) is 4.75. The first-order chi connectivity index (χ1) is 9.54. The van der Waals surface area contributed by atoms with Gasteiger partial charge in [0.15, 0.2) is 0 Å². The van der Waals surface area contributed by atoms with Crippen LogP contribution in [-0.4, -0.2) is 37.0 Å². The lowest BCUT2D eigenvalue weighted by atomic mass is 10.0. The van der Waals surface area contributed by atoms with Gasteiger partial charge in [0.1, 0.15) is 11.9 Å². The van der Waals surface area contributed by atoms with E-state index in [9.17, 15) is 13.6 Å². The molecule has 20 heavy (non-hydrogen) atoms. The van der Waals surface area contributed by atoms with E-state index in [1.54, 1.807) is 0 Å². The van der Waals surface area contributed by atoms with Gasteiger partial charge in [-0.3, -0.25) is 0 Å². The summed E-state index contributed by atoms with van der Waals surface area (Å²) in [5.74, 6) is 0.163. The molecule has 1 atom stereocenters. The van der Waals surface area contributed by atoms with Gasteiger partial charge in [0.05, 0.1) is 6.61 Å². The monoisotopic (exact) mass is 283 g/mol. The van der Waals surface area contributed by atoms with E-state index in [1.807, 2.05) is 0 Å². The van der Waals surface area contributed by atoms with Crippen molar-refractivity contribution in [3.05, 3.63) is 35.4 Å². The number of hydrogen-bond donors (Lipinski definition) is 1. The topological polar surface area (TPSA) is 67.9 Å². The molecule has 0 saturated carbocycles. The van der Waals surface area contributed by atoms with Crippen LogP contribution >= 0.6 is 0 Å². The number of ether oxygens (including phenoxy) is 1. The van der Waals surface area contributed by atoms with Crippen molar-refractivity contribution in [2.75, 3.05) is 20.3 Å². The SMILES string of the molecule is COCCN1C(=O)N=C(N)C1c1ccc(C(F)F)cc1. The lowest BCUT2D eigenvalue weighted by Crippen LogP contribution is -2.35. The van der Waals surface area contributed by atoms with Gasteiger partial charge in [0.2, 0.25) is 0 Å². The normalized spacial score (nSPS) is 18.8. The van der Waals surface area contributed by atoms with E-state index in [-0.39, 0.29) is 11.4 Å². The molecule has 0 aliphatic carbocycles. The van der Waals surface area contributed by atoms with E-state index >= 15 is 0 Å². The van der Waals surface area contributed by atoms with Gasteiger partial charge in [-0.2, -0.15) is 4.99 Å². The molecule has 1 aromatic carbocycles. The second-order valence-corrected chi connectivity index (χ2v) is 4.38. The molecule has 0 spiro atoms. The van der Waals surface area contributed by atoms with E-state index in [4.69, 9.17) is 10.5 Å². The Hall–Kier alpha value is -2.02. The van der Waals surface area contributed by atoms with Crippen molar-refractivity contribution in [3.8, 4) is 0 Å². The number of hydrogen-bond acceptors (Lipinski definition) is 3. The lowest BCUT2D eigenvalue weighted by Gasteiger charge is -2.24. The molecule has 1 heterocycles. The van der Waals surface area contributed by atoms with Crippen molar-refractivity contribution in [2.24, 2.45) is 10.7 Å². The molecule has 1 aliphatic rings. The zero-order valence-corrected chi connectivity index (χ0v) is 10.9. The number of halogens is 2. The predicted molar refractivity (Wildman–Crippen MR) is 69.7 cm³/mol. The van der Waals surface area contributed by atoms with Gasteiger partial charge in [-0.05, 0) is 5.56 Å². The average molecular weight is 283 g/mol. The Bertz CT molecular complexity index is 517. The van der Waals surface area contributed by atoms with Crippen molar-refractivity contribution in [2.45, 2.75) is 12.5 Å². The van der Waals surface area contributed by atoms with Crippen LogP contribution in [0.3, 0.4) is 0 Å². The number of benzene rings is 1. The maximum atomic E-state index is 12.5. The molecule has 2 rings (SSSR count). The fraction of sp³-hybridized carbons (Fsp3) is 0.385. The van der Waals surface area contributed by atoms with Crippen LogP contribution in [0.25, 0.3) is 0 Å². The standard InChI is InChI=1S/C13H15F2N3O2/c1-20-7-6-18-10(12(16)17-13(18)19)8-2-4-9(5-3-8)11(14)15/h2-5,10-11H,6-7H2,1H3,(H2,16,17,19). The molecule has 1 unspecified atom stereocenters. The number of methoxy groups -OCH3 is 1. The van der Waals surface area contributed by atoms with Crippen molar-refractivity contribution >= 4 is 11.9 Å². The highest BCUT2D eigenvalue weighted by Gasteiger charge is 2.34. The number of nitrogens with zero attached hydrogens (tertiary/aromatic N) is 2. The molecule has 108 valence electrons. The van der Waals surface area contributed by atoms with Gasteiger partial charge in [0.25, 0.3) is 6.43 Å². The summed E-state index contributed by atoms with van der Waals surface area (Å²) in [6.45, 7) is 0.682. The van der Waals surface area contributed by atoms with Crippen molar-refractivity contribution in [1.82, 2.24) is 4.90 Å². The minimum atomic E-state index is -2.52. The zero-order chi connectivity index (χ0) is 14.7. The van der Waals surface area contributed by atoms with E-state index < -0.39 is 18.5 Å². The number of amides is 2. The largest absolute Gasteiger partial charge is 0.385 e. The molecule has 0 fully saturated rings. The highest BCUT2D eigenvalue weighted by Crippen LogP contribution is 2.28. The highest BCUT2D eigenvalue weighted by molar-refractivity contribution is 6.03. The number of amidine groups is 1. The fourth-order valence-electron chi connectivity index (χ4n) is 2.09. The number of aliphatic imine (C=N–C) groups is 1. The van der Waals surface area contributed by atoms with Crippen LogP contribution in [0, 0.1) is 0 Å². The number of alkyl halides is 2. The van der Waals surface area contributed by atoms with E-state index in [1.165, 1.54) is 36.3 Å². The third-order valence-corrected chi connectivity index (χ3v) is 3.10. The Balaban J connectivity index is 2.23. The molecule has 0 radical (unpaired) electrons. The fourth-order valence-corrected chi connectivity index (χ4v) is 2.09. The smallest absolute Gasteiger partial charge is 0.346 e. The number of nitrogens with two attached hydrogens (primary N) is 1. The second kappa shape index (κ2) is 5.96. The predicted octanol–water partition coefficient (Wildman–Crippen LogP) is 2.10. The molecule has 5 nitrogen and oxygen atoms in total.